The Balaban J connectivity index is 2.41. The summed E-state index contributed by atoms with van der Waals surface area (Å²) in [5.41, 5.74) is 2.79. The highest BCUT2D eigenvalue weighted by Gasteiger charge is 2.21. The normalized spacial score (nSPS) is 14.9. The van der Waals surface area contributed by atoms with Crippen molar-refractivity contribution in [2.75, 3.05) is 11.9 Å². The highest BCUT2D eigenvalue weighted by atomic mass is 16.2. The quantitative estimate of drug-likeness (QED) is 0.712. The number of nitrogens with zero attached hydrogens (tertiary/aromatic N) is 1. The number of ketones is 1. The van der Waals surface area contributed by atoms with Gasteiger partial charge >= 0.3 is 0 Å². The second-order valence-electron chi connectivity index (χ2n) is 4.07. The average Bonchev–Trinajstić information content (AvgIpc) is 2.32. The van der Waals surface area contributed by atoms with E-state index in [2.05, 4.69) is 0 Å². The first-order valence-corrected chi connectivity index (χ1v) is 5.56. The molecule has 0 bridgehead atoms. The van der Waals surface area contributed by atoms with Crippen molar-refractivity contribution in [2.45, 2.75) is 26.2 Å². The van der Waals surface area contributed by atoms with Gasteiger partial charge in [0.05, 0.1) is 0 Å². The Morgan fingerprint density at radius 2 is 2.12 bits per heavy atom. The van der Waals surface area contributed by atoms with E-state index in [1.807, 2.05) is 19.1 Å². The summed E-state index contributed by atoms with van der Waals surface area (Å²) in [7, 11) is 1.78. The summed E-state index contributed by atoms with van der Waals surface area (Å²) >= 11 is 0. The number of carbonyl (C=O) groups excluding carboxylic acids is 2. The molecule has 0 atom stereocenters. The first kappa shape index (κ1) is 10.9. The van der Waals surface area contributed by atoms with Crippen LogP contribution in [-0.4, -0.2) is 18.7 Å². The summed E-state index contributed by atoms with van der Waals surface area (Å²) in [5.74, 6) is 0.296. The van der Waals surface area contributed by atoms with Crippen LogP contribution >= 0.6 is 0 Å². The van der Waals surface area contributed by atoms with E-state index in [1.54, 1.807) is 18.0 Å². The molecule has 0 radical (unpaired) electrons. The molecular formula is C13H15NO2. The number of anilines is 1. The van der Waals surface area contributed by atoms with Gasteiger partial charge in [-0.1, -0.05) is 6.92 Å². The van der Waals surface area contributed by atoms with Crippen LogP contribution in [0.1, 0.15) is 35.7 Å². The minimum absolute atomic E-state index is 0.141. The minimum Gasteiger partial charge on any atom is -0.315 e. The van der Waals surface area contributed by atoms with E-state index in [4.69, 9.17) is 0 Å². The zero-order valence-electron chi connectivity index (χ0n) is 9.62. The Labute approximate surface area is 95.1 Å². The van der Waals surface area contributed by atoms with Gasteiger partial charge in [0.1, 0.15) is 0 Å². The number of carbonyl (C=O) groups is 2. The molecule has 0 spiro atoms. The Kier molecular flexibility index (Phi) is 2.77. The lowest BCUT2D eigenvalue weighted by Crippen LogP contribution is -2.31. The topological polar surface area (TPSA) is 37.4 Å². The van der Waals surface area contributed by atoms with Crippen molar-refractivity contribution < 1.29 is 9.59 Å². The summed E-state index contributed by atoms with van der Waals surface area (Å²) in [5, 5.41) is 0. The molecule has 0 unspecified atom stereocenters. The van der Waals surface area contributed by atoms with Crippen LogP contribution in [0.2, 0.25) is 0 Å². The van der Waals surface area contributed by atoms with Crippen molar-refractivity contribution in [3.8, 4) is 0 Å². The summed E-state index contributed by atoms with van der Waals surface area (Å²) in [6.07, 6.45) is 1.80. The molecule has 3 nitrogen and oxygen atoms in total. The predicted molar refractivity (Wildman–Crippen MR) is 62.8 cm³/mol. The first-order valence-electron chi connectivity index (χ1n) is 5.56. The Bertz CT molecular complexity index is 451. The van der Waals surface area contributed by atoms with E-state index >= 15 is 0 Å². The molecule has 16 heavy (non-hydrogen) atoms. The molecule has 3 heteroatoms. The molecular weight excluding hydrogens is 202 g/mol. The highest BCUT2D eigenvalue weighted by Crippen LogP contribution is 2.27. The molecule has 1 aromatic rings. The second-order valence-corrected chi connectivity index (χ2v) is 4.07. The third kappa shape index (κ3) is 1.73. The Hall–Kier alpha value is -1.64. The van der Waals surface area contributed by atoms with Crippen molar-refractivity contribution in [1.82, 2.24) is 0 Å². The number of aryl methyl sites for hydroxylation is 1. The lowest BCUT2D eigenvalue weighted by molar-refractivity contribution is -0.118. The van der Waals surface area contributed by atoms with Gasteiger partial charge in [0.15, 0.2) is 5.78 Å². The smallest absolute Gasteiger partial charge is 0.227 e. The molecule has 0 fully saturated rings. The van der Waals surface area contributed by atoms with Gasteiger partial charge < -0.3 is 4.90 Å². The van der Waals surface area contributed by atoms with Gasteiger partial charge in [0.25, 0.3) is 0 Å². The lowest BCUT2D eigenvalue weighted by Gasteiger charge is -2.25. The van der Waals surface area contributed by atoms with Crippen LogP contribution < -0.4 is 4.90 Å². The SMILES string of the molecule is CCC(=O)c1ccc2c(c1)CCC(=O)N2C. The fraction of sp³-hybridized carbons (Fsp3) is 0.385. The van der Waals surface area contributed by atoms with Gasteiger partial charge in [-0.3, -0.25) is 9.59 Å². The molecule has 1 aliphatic rings. The van der Waals surface area contributed by atoms with Gasteiger partial charge in [-0.15, -0.1) is 0 Å². The van der Waals surface area contributed by atoms with Crippen molar-refractivity contribution in [3.05, 3.63) is 29.3 Å². The second kappa shape index (κ2) is 4.08. The summed E-state index contributed by atoms with van der Waals surface area (Å²) < 4.78 is 0. The predicted octanol–water partition coefficient (Wildman–Crippen LogP) is 2.19. The van der Waals surface area contributed by atoms with E-state index < -0.39 is 0 Å². The zero-order chi connectivity index (χ0) is 11.7. The van der Waals surface area contributed by atoms with Crippen LogP contribution in [-0.2, 0) is 11.2 Å². The highest BCUT2D eigenvalue weighted by molar-refractivity contribution is 5.99. The largest absolute Gasteiger partial charge is 0.315 e. The summed E-state index contributed by atoms with van der Waals surface area (Å²) in [6.45, 7) is 1.86. The minimum atomic E-state index is 0.141. The Morgan fingerprint density at radius 3 is 2.81 bits per heavy atom. The Morgan fingerprint density at radius 1 is 1.38 bits per heavy atom. The van der Waals surface area contributed by atoms with Crippen molar-refractivity contribution in [3.63, 3.8) is 0 Å². The monoisotopic (exact) mass is 217 g/mol. The lowest BCUT2D eigenvalue weighted by atomic mass is 9.97. The number of fused-ring (bicyclic) bond motifs is 1. The van der Waals surface area contributed by atoms with E-state index in [-0.39, 0.29) is 11.7 Å². The van der Waals surface area contributed by atoms with Crippen LogP contribution in [0.4, 0.5) is 5.69 Å². The number of benzene rings is 1. The number of hydrogen-bond donors (Lipinski definition) is 0. The molecule has 1 heterocycles. The molecule has 0 aromatic heterocycles. The maximum atomic E-state index is 11.6. The van der Waals surface area contributed by atoms with Crippen molar-refractivity contribution >= 4 is 17.4 Å². The molecule has 84 valence electrons. The van der Waals surface area contributed by atoms with Crippen LogP contribution in [0.5, 0.6) is 0 Å². The molecule has 1 aromatic carbocycles. The van der Waals surface area contributed by atoms with Crippen LogP contribution in [0.25, 0.3) is 0 Å². The van der Waals surface area contributed by atoms with E-state index in [9.17, 15) is 9.59 Å². The van der Waals surface area contributed by atoms with E-state index in [0.29, 0.717) is 12.8 Å². The molecule has 0 N–H and O–H groups in total. The van der Waals surface area contributed by atoms with Crippen molar-refractivity contribution in [2.24, 2.45) is 0 Å². The van der Waals surface area contributed by atoms with E-state index in [0.717, 1.165) is 23.2 Å². The number of hydrogen-bond acceptors (Lipinski definition) is 2. The van der Waals surface area contributed by atoms with Gasteiger partial charge in [-0.25, -0.2) is 0 Å². The molecule has 0 saturated carbocycles. The fourth-order valence-electron chi connectivity index (χ4n) is 2.03. The van der Waals surface area contributed by atoms with Crippen molar-refractivity contribution in [1.29, 1.82) is 0 Å². The van der Waals surface area contributed by atoms with Gasteiger partial charge in [0.2, 0.25) is 5.91 Å². The maximum absolute atomic E-state index is 11.6. The van der Waals surface area contributed by atoms with Crippen LogP contribution in [0.15, 0.2) is 18.2 Å². The number of amides is 1. The van der Waals surface area contributed by atoms with Crippen LogP contribution in [0, 0.1) is 0 Å². The molecule has 1 amide bonds. The fourth-order valence-corrected chi connectivity index (χ4v) is 2.03. The summed E-state index contributed by atoms with van der Waals surface area (Å²) in [6, 6.07) is 5.60. The summed E-state index contributed by atoms with van der Waals surface area (Å²) in [4.78, 5) is 24.7. The molecule has 2 rings (SSSR count). The zero-order valence-corrected chi connectivity index (χ0v) is 9.62. The number of rotatable bonds is 2. The standard InChI is InChI=1S/C13H15NO2/c1-3-12(15)10-4-6-11-9(8-10)5-7-13(16)14(11)2/h4,6,8H,3,5,7H2,1-2H3. The average molecular weight is 217 g/mol. The van der Waals surface area contributed by atoms with Crippen LogP contribution in [0.3, 0.4) is 0 Å². The third-order valence-electron chi connectivity index (χ3n) is 3.07. The van der Waals surface area contributed by atoms with E-state index in [1.165, 1.54) is 0 Å². The molecule has 1 aliphatic heterocycles. The first-order chi connectivity index (χ1) is 7.63. The number of Topliss-reactive ketones (excluding diaryl/α,β-unsaturated/α-hetero) is 1. The van der Waals surface area contributed by atoms with Gasteiger partial charge in [-0.2, -0.15) is 0 Å². The van der Waals surface area contributed by atoms with Gasteiger partial charge in [-0.05, 0) is 30.2 Å². The maximum Gasteiger partial charge on any atom is 0.227 e. The molecule has 0 saturated heterocycles. The van der Waals surface area contributed by atoms with Gasteiger partial charge in [0, 0.05) is 31.1 Å². The third-order valence-corrected chi connectivity index (χ3v) is 3.07. The molecule has 0 aliphatic carbocycles.